The maximum absolute atomic E-state index is 15.0. The highest BCUT2D eigenvalue weighted by Crippen LogP contribution is 2.44. The second-order valence-electron chi connectivity index (χ2n) is 20.0. The van der Waals surface area contributed by atoms with Gasteiger partial charge in [0, 0.05) is 30.1 Å². The first-order valence-electron chi connectivity index (χ1n) is 21.1. The van der Waals surface area contributed by atoms with E-state index in [9.17, 15) is 9.59 Å². The van der Waals surface area contributed by atoms with Crippen molar-refractivity contribution in [1.29, 1.82) is 0 Å². The van der Waals surface area contributed by atoms with Crippen LogP contribution in [-0.2, 0) is 28.0 Å². The number of benzene rings is 1. The lowest BCUT2D eigenvalue weighted by Crippen LogP contribution is -2.54. The molecule has 1 aromatic heterocycles. The number of aromatic nitrogens is 1. The molecular formula is C47H77NO7SSi2. The van der Waals surface area contributed by atoms with E-state index in [1.54, 1.807) is 23.5 Å². The number of aryl methyl sites for hydroxylation is 1. The number of carbonyl (C=O) groups excluding carboxylic acids is 3. The Labute approximate surface area is 358 Å². The summed E-state index contributed by atoms with van der Waals surface area (Å²) in [5.74, 6) is -0.600. The first-order valence-corrected chi connectivity index (χ1v) is 27.8. The summed E-state index contributed by atoms with van der Waals surface area (Å²) in [5.41, 5.74) is 2.04. The van der Waals surface area contributed by atoms with Crippen molar-refractivity contribution in [3.63, 3.8) is 0 Å². The number of hydrogen-bond donors (Lipinski definition) is 0. The van der Waals surface area contributed by atoms with Crippen molar-refractivity contribution in [2.24, 2.45) is 17.3 Å². The summed E-state index contributed by atoms with van der Waals surface area (Å²) in [6.07, 6.45) is 5.99. The molecule has 0 aliphatic rings. The number of thiazole rings is 1. The van der Waals surface area contributed by atoms with E-state index in [0.717, 1.165) is 35.5 Å². The Hall–Kier alpha value is -2.71. The number of rotatable bonds is 21. The maximum atomic E-state index is 15.0. The number of carbonyl (C=O) groups is 3. The first kappa shape index (κ1) is 51.4. The number of ether oxygens (including phenoxy) is 2. The van der Waals surface area contributed by atoms with Gasteiger partial charge in [0.25, 0.3) is 0 Å². The van der Waals surface area contributed by atoms with Crippen molar-refractivity contribution in [3.8, 4) is 5.75 Å². The third-order valence-electron chi connectivity index (χ3n) is 12.5. The standard InChI is InChI=1S/C47H77NO7SSi2/c1-32(27-28-40(52-37(6)49)34(3)29-38-31-56-36(5)48-38)23-22-24-33(2)43(55-58(17,18)46(10,11)12)35(4)44(51)47(13,14)41(54-57(15,16)45(7,8)9)30-42(50)53-39-25-20-19-21-26-39/h19-21,25-27,29,31,33,35,40-41,43H,22-24,28,30H2,1-18H3/b32-27-,34-29+/t33-,35+,40-,41-,43-/m0/s1. The summed E-state index contributed by atoms with van der Waals surface area (Å²) < 4.78 is 25.7. The van der Waals surface area contributed by atoms with Crippen LogP contribution in [0.3, 0.4) is 0 Å². The van der Waals surface area contributed by atoms with Gasteiger partial charge in [0.05, 0.1) is 29.3 Å². The Morgan fingerprint density at radius 2 is 1.43 bits per heavy atom. The predicted molar refractivity (Wildman–Crippen MR) is 246 cm³/mol. The van der Waals surface area contributed by atoms with Gasteiger partial charge in [-0.15, -0.1) is 11.3 Å². The van der Waals surface area contributed by atoms with Gasteiger partial charge in [0.15, 0.2) is 16.6 Å². The van der Waals surface area contributed by atoms with Crippen molar-refractivity contribution in [2.75, 3.05) is 0 Å². The van der Waals surface area contributed by atoms with Crippen LogP contribution in [0.5, 0.6) is 5.75 Å². The molecule has 58 heavy (non-hydrogen) atoms. The molecule has 0 aliphatic carbocycles. The summed E-state index contributed by atoms with van der Waals surface area (Å²) in [7, 11) is -4.73. The lowest BCUT2D eigenvalue weighted by Gasteiger charge is -2.46. The molecule has 1 heterocycles. The smallest absolute Gasteiger partial charge is 0.313 e. The Morgan fingerprint density at radius 3 is 1.95 bits per heavy atom. The van der Waals surface area contributed by atoms with E-state index in [4.69, 9.17) is 18.3 Å². The normalized spacial score (nSPS) is 16.3. The highest BCUT2D eigenvalue weighted by Gasteiger charge is 2.50. The molecule has 0 unspecified atom stereocenters. The van der Waals surface area contributed by atoms with Gasteiger partial charge in [-0.25, -0.2) is 4.98 Å². The Bertz CT molecular complexity index is 1720. The van der Waals surface area contributed by atoms with E-state index < -0.39 is 40.0 Å². The Kier molecular flexibility index (Phi) is 18.8. The zero-order valence-electron chi connectivity index (χ0n) is 39.3. The van der Waals surface area contributed by atoms with Crippen molar-refractivity contribution in [3.05, 3.63) is 63.6 Å². The highest BCUT2D eigenvalue weighted by atomic mass is 32.1. The van der Waals surface area contributed by atoms with Crippen molar-refractivity contribution in [2.45, 2.75) is 184 Å². The zero-order valence-corrected chi connectivity index (χ0v) is 42.1. The molecule has 0 fully saturated rings. The fourth-order valence-corrected chi connectivity index (χ4v) is 9.97. The predicted octanol–water partition coefficient (Wildman–Crippen LogP) is 12.9. The van der Waals surface area contributed by atoms with Gasteiger partial charge in [-0.2, -0.15) is 0 Å². The van der Waals surface area contributed by atoms with Gasteiger partial charge in [0.1, 0.15) is 17.6 Å². The second-order valence-corrected chi connectivity index (χ2v) is 30.6. The van der Waals surface area contributed by atoms with Crippen LogP contribution in [0.25, 0.3) is 6.08 Å². The van der Waals surface area contributed by atoms with E-state index in [-0.39, 0.29) is 46.4 Å². The van der Waals surface area contributed by atoms with Crippen LogP contribution in [0.15, 0.2) is 52.9 Å². The van der Waals surface area contributed by atoms with Crippen LogP contribution in [-0.4, -0.2) is 57.7 Å². The summed E-state index contributed by atoms with van der Waals surface area (Å²) in [5, 5.41) is 2.81. The number of Topliss-reactive ketones (excluding diaryl/α,β-unsaturated/α-hetero) is 1. The third-order valence-corrected chi connectivity index (χ3v) is 22.2. The minimum Gasteiger partial charge on any atom is -0.458 e. The van der Waals surface area contributed by atoms with Gasteiger partial charge < -0.3 is 18.3 Å². The van der Waals surface area contributed by atoms with Crippen LogP contribution in [0.2, 0.25) is 36.3 Å². The highest BCUT2D eigenvalue weighted by molar-refractivity contribution is 7.09. The fourth-order valence-electron chi connectivity index (χ4n) is 6.49. The minimum atomic E-state index is -2.42. The van der Waals surface area contributed by atoms with E-state index in [1.165, 1.54) is 12.5 Å². The molecule has 2 aromatic rings. The van der Waals surface area contributed by atoms with Gasteiger partial charge in [-0.05, 0) is 106 Å². The molecule has 0 amide bonds. The van der Waals surface area contributed by atoms with Crippen LogP contribution in [0.4, 0.5) is 0 Å². The van der Waals surface area contributed by atoms with Crippen LogP contribution >= 0.6 is 11.3 Å². The molecule has 0 radical (unpaired) electrons. The monoisotopic (exact) mass is 855 g/mol. The Balaban J connectivity index is 2.36. The number of esters is 2. The average Bonchev–Trinajstić information content (AvgIpc) is 3.50. The molecule has 0 saturated heterocycles. The average molecular weight is 856 g/mol. The number of hydrogen-bond acceptors (Lipinski definition) is 9. The molecular weight excluding hydrogens is 779 g/mol. The topological polar surface area (TPSA) is 101 Å². The fraction of sp³-hybridized carbons (Fsp3) is 0.660. The van der Waals surface area contributed by atoms with Crippen molar-refractivity contribution >= 4 is 51.8 Å². The number of allylic oxidation sites excluding steroid dienone is 1. The van der Waals surface area contributed by atoms with Gasteiger partial charge in [0.2, 0.25) is 0 Å². The zero-order chi connectivity index (χ0) is 44.4. The molecule has 0 saturated carbocycles. The van der Waals surface area contributed by atoms with Crippen LogP contribution < -0.4 is 4.74 Å². The van der Waals surface area contributed by atoms with Crippen molar-refractivity contribution < 1.29 is 32.7 Å². The van der Waals surface area contributed by atoms with E-state index in [1.807, 2.05) is 64.3 Å². The van der Waals surface area contributed by atoms with Crippen LogP contribution in [0, 0.1) is 24.2 Å². The molecule has 8 nitrogen and oxygen atoms in total. The molecule has 0 N–H and O–H groups in total. The summed E-state index contributed by atoms with van der Waals surface area (Å²) in [6.45, 7) is 37.6. The molecule has 0 bridgehead atoms. The van der Waals surface area contributed by atoms with Crippen molar-refractivity contribution in [1.82, 2.24) is 4.98 Å². The molecule has 5 atom stereocenters. The van der Waals surface area contributed by atoms with E-state index in [0.29, 0.717) is 12.2 Å². The summed E-state index contributed by atoms with van der Waals surface area (Å²) >= 11 is 1.60. The van der Waals surface area contributed by atoms with E-state index in [2.05, 4.69) is 92.6 Å². The quantitative estimate of drug-likeness (QED) is 0.0529. The van der Waals surface area contributed by atoms with Gasteiger partial charge in [-0.3, -0.25) is 14.4 Å². The maximum Gasteiger partial charge on any atom is 0.313 e. The Morgan fingerprint density at radius 1 is 0.862 bits per heavy atom. The molecule has 0 aliphatic heterocycles. The van der Waals surface area contributed by atoms with Gasteiger partial charge in [-0.1, -0.05) is 99.1 Å². The van der Waals surface area contributed by atoms with Gasteiger partial charge >= 0.3 is 11.9 Å². The largest absolute Gasteiger partial charge is 0.458 e. The summed E-state index contributed by atoms with van der Waals surface area (Å²) in [4.78, 5) is 45.1. The summed E-state index contributed by atoms with van der Waals surface area (Å²) in [6, 6.07) is 9.04. The lowest BCUT2D eigenvalue weighted by atomic mass is 9.73. The number of para-hydroxylation sites is 1. The molecule has 1 aromatic carbocycles. The van der Waals surface area contributed by atoms with E-state index >= 15 is 4.79 Å². The lowest BCUT2D eigenvalue weighted by molar-refractivity contribution is -0.146. The second kappa shape index (κ2) is 21.2. The SMILES string of the molecule is CC(=O)O[C@@H](C/C=C(/C)CCC[C@H](C)[C@H](O[Si](C)(C)C(C)(C)C)[C@@H](C)C(=O)C(C)(C)[C@H](CC(=O)Oc1ccccc1)O[Si](C)(C)C(C)(C)C)/C(C)=C/c1csc(C)n1. The molecule has 0 spiro atoms. The van der Waals surface area contributed by atoms with Crippen LogP contribution in [0.1, 0.15) is 133 Å². The first-order chi connectivity index (χ1) is 26.5. The molecule has 326 valence electrons. The number of nitrogens with zero attached hydrogens (tertiary/aromatic N) is 1. The molecule has 2 rings (SSSR count). The third kappa shape index (κ3) is 15.4. The molecule has 11 heteroatoms. The minimum absolute atomic E-state index is 0.0307. The number of ketones is 1.